The van der Waals surface area contributed by atoms with Gasteiger partial charge in [0.2, 0.25) is 0 Å². The van der Waals surface area contributed by atoms with Crippen molar-refractivity contribution < 1.29 is 34.4 Å². The number of ketones is 2. The average molecular weight is 417 g/mol. The number of benzene rings is 1. The maximum atomic E-state index is 12.7. The van der Waals surface area contributed by atoms with Gasteiger partial charge in [-0.15, -0.1) is 0 Å². The fourth-order valence-corrected chi connectivity index (χ4v) is 2.82. The second kappa shape index (κ2) is 10.2. The van der Waals surface area contributed by atoms with Crippen LogP contribution in [0.5, 0.6) is 5.75 Å². The van der Waals surface area contributed by atoms with Crippen molar-refractivity contribution in [3.63, 3.8) is 0 Å². The van der Waals surface area contributed by atoms with E-state index in [1.54, 1.807) is 19.9 Å². The molecular formula is C22H27NO7. The zero-order valence-electron chi connectivity index (χ0n) is 17.2. The lowest BCUT2D eigenvalue weighted by atomic mass is 9.99. The first kappa shape index (κ1) is 23.3. The van der Waals surface area contributed by atoms with E-state index >= 15 is 0 Å². The fraction of sp³-hybridized carbons (Fsp3) is 0.409. The third-order valence-electron chi connectivity index (χ3n) is 4.82. The minimum atomic E-state index is -1.59. The van der Waals surface area contributed by atoms with Crippen LogP contribution in [0.1, 0.15) is 43.1 Å². The summed E-state index contributed by atoms with van der Waals surface area (Å²) < 4.78 is 5.45. The number of aromatic hydroxyl groups is 1. The van der Waals surface area contributed by atoms with E-state index in [2.05, 4.69) is 5.32 Å². The summed E-state index contributed by atoms with van der Waals surface area (Å²) in [6, 6.07) is 2.88. The molecule has 1 aromatic rings. The molecule has 162 valence electrons. The number of phenols is 1. The molecule has 0 bridgehead atoms. The lowest BCUT2D eigenvalue weighted by molar-refractivity contribution is -0.127. The number of phenolic OH excluding ortho intramolecular Hbond substituents is 1. The number of carbonyl (C=O) groups is 3. The molecule has 0 spiro atoms. The largest absolute Gasteiger partial charge is 0.507 e. The second-order valence-electron chi connectivity index (χ2n) is 7.40. The van der Waals surface area contributed by atoms with Gasteiger partial charge >= 0.3 is 5.97 Å². The molecule has 1 aliphatic rings. The Balaban J connectivity index is 2.48. The number of rotatable bonds is 3. The predicted molar refractivity (Wildman–Crippen MR) is 111 cm³/mol. The van der Waals surface area contributed by atoms with Crippen LogP contribution in [0.2, 0.25) is 0 Å². The molecule has 4 atom stereocenters. The highest BCUT2D eigenvalue weighted by molar-refractivity contribution is 5.98. The summed E-state index contributed by atoms with van der Waals surface area (Å²) in [6.45, 7) is 4.82. The van der Waals surface area contributed by atoms with Crippen molar-refractivity contribution in [2.45, 2.75) is 45.5 Å². The van der Waals surface area contributed by atoms with Gasteiger partial charge in [-0.3, -0.25) is 9.59 Å². The van der Waals surface area contributed by atoms with Crippen LogP contribution in [-0.4, -0.2) is 57.7 Å². The highest BCUT2D eigenvalue weighted by Crippen LogP contribution is 2.29. The van der Waals surface area contributed by atoms with Crippen LogP contribution >= 0.6 is 0 Å². The number of nitrogens with one attached hydrogen (secondary N) is 1. The lowest BCUT2D eigenvalue weighted by Crippen LogP contribution is -2.32. The molecule has 1 aromatic carbocycles. The molecule has 1 aliphatic heterocycles. The Morgan fingerprint density at radius 3 is 2.57 bits per heavy atom. The van der Waals surface area contributed by atoms with Crippen molar-refractivity contribution >= 4 is 29.3 Å². The van der Waals surface area contributed by atoms with Gasteiger partial charge in [0.05, 0.1) is 12.6 Å². The number of aliphatic hydroxyl groups excluding tert-OH is 2. The van der Waals surface area contributed by atoms with E-state index < -0.39 is 30.1 Å². The number of hydrogen-bond acceptors (Lipinski definition) is 8. The number of aliphatic hydroxyl groups is 2. The van der Waals surface area contributed by atoms with Gasteiger partial charge in [0.25, 0.3) is 0 Å². The first-order valence-electron chi connectivity index (χ1n) is 9.66. The molecule has 30 heavy (non-hydrogen) atoms. The van der Waals surface area contributed by atoms with Gasteiger partial charge in [0.15, 0.2) is 5.78 Å². The summed E-state index contributed by atoms with van der Waals surface area (Å²) in [5.41, 5.74) is 0.650. The Morgan fingerprint density at radius 1 is 1.20 bits per heavy atom. The molecule has 1 heterocycles. The first-order valence-corrected chi connectivity index (χ1v) is 9.66. The van der Waals surface area contributed by atoms with E-state index in [9.17, 15) is 29.7 Å². The summed E-state index contributed by atoms with van der Waals surface area (Å²) in [5.74, 6) is -2.19. The van der Waals surface area contributed by atoms with Gasteiger partial charge in [-0.2, -0.15) is 0 Å². The third kappa shape index (κ3) is 6.01. The van der Waals surface area contributed by atoms with Gasteiger partial charge in [-0.05, 0) is 38.0 Å². The summed E-state index contributed by atoms with van der Waals surface area (Å²) in [6.07, 6.45) is 2.00. The van der Waals surface area contributed by atoms with E-state index in [1.807, 2.05) is 0 Å². The molecule has 0 unspecified atom stereocenters. The minimum Gasteiger partial charge on any atom is -0.507 e. The summed E-state index contributed by atoms with van der Waals surface area (Å²) in [5, 5.41) is 33.4. The van der Waals surface area contributed by atoms with Crippen LogP contribution < -0.4 is 5.32 Å². The van der Waals surface area contributed by atoms with Crippen LogP contribution in [0.15, 0.2) is 30.4 Å². The molecule has 8 nitrogen and oxygen atoms in total. The Labute approximate surface area is 174 Å². The zero-order chi connectivity index (χ0) is 22.4. The van der Waals surface area contributed by atoms with Crippen LogP contribution in [0.3, 0.4) is 0 Å². The molecule has 0 radical (unpaired) electrons. The molecular weight excluding hydrogens is 390 g/mol. The number of anilines is 1. The molecule has 0 amide bonds. The average Bonchev–Trinajstić information content (AvgIpc) is 2.68. The van der Waals surface area contributed by atoms with Gasteiger partial charge in [-0.25, -0.2) is 4.79 Å². The van der Waals surface area contributed by atoms with Crippen LogP contribution in [0.25, 0.3) is 6.08 Å². The molecule has 0 aromatic heterocycles. The summed E-state index contributed by atoms with van der Waals surface area (Å²) >= 11 is 0. The molecule has 0 saturated carbocycles. The summed E-state index contributed by atoms with van der Waals surface area (Å²) in [4.78, 5) is 36.0. The Hall–Kier alpha value is -2.97. The molecule has 2 rings (SSSR count). The number of carbonyl (C=O) groups excluding carboxylic acids is 3. The van der Waals surface area contributed by atoms with Crippen molar-refractivity contribution in [3.05, 3.63) is 41.5 Å². The first-order chi connectivity index (χ1) is 14.1. The highest BCUT2D eigenvalue weighted by Gasteiger charge is 2.25. The maximum Gasteiger partial charge on any atom is 0.342 e. The Bertz CT molecular complexity index is 874. The lowest BCUT2D eigenvalue weighted by Gasteiger charge is -2.20. The van der Waals surface area contributed by atoms with Gasteiger partial charge < -0.3 is 25.4 Å². The van der Waals surface area contributed by atoms with E-state index in [0.29, 0.717) is 11.3 Å². The normalized spacial score (nSPS) is 27.4. The predicted octanol–water partition coefficient (Wildman–Crippen LogP) is 1.84. The van der Waals surface area contributed by atoms with Crippen molar-refractivity contribution in [2.75, 3.05) is 11.9 Å². The monoisotopic (exact) mass is 417 g/mol. The molecule has 8 heteroatoms. The van der Waals surface area contributed by atoms with E-state index in [1.165, 1.54) is 31.2 Å². The van der Waals surface area contributed by atoms with Crippen molar-refractivity contribution in [3.8, 4) is 5.75 Å². The molecule has 0 fully saturated rings. The highest BCUT2D eigenvalue weighted by atomic mass is 16.5. The number of hydrogen-bond donors (Lipinski definition) is 4. The van der Waals surface area contributed by atoms with Gasteiger partial charge in [0.1, 0.15) is 29.3 Å². The number of esters is 1. The number of cyclic esters (lactones) is 1. The minimum absolute atomic E-state index is 0.0420. The standard InChI is InChI=1S/C22H27NO7/c1-12-7-8-18(26)21(28)17(25)6-4-5-15-9-16(23-11-13(2)24)10-19(27)20(15)22(29)30-14(12)3/h4-5,7-10,12,14,17,21,23,25,27-28H,6,11H2,1-3H3/b5-4+,8-7-/t12-,14+,17+,21+/m1/s1. The number of ether oxygens (including phenoxy) is 1. The van der Waals surface area contributed by atoms with Crippen molar-refractivity contribution in [1.29, 1.82) is 0 Å². The SMILES string of the molecule is CC(=O)CNc1cc(O)c2c(c1)/C=C/C[C@H](O)[C@H](O)C(=O)/C=C\[C@@H](C)[C@H](C)OC2=O. The van der Waals surface area contributed by atoms with Crippen LogP contribution in [0.4, 0.5) is 5.69 Å². The van der Waals surface area contributed by atoms with Gasteiger partial charge in [-0.1, -0.05) is 25.2 Å². The molecule has 0 saturated heterocycles. The summed E-state index contributed by atoms with van der Waals surface area (Å²) in [7, 11) is 0. The van der Waals surface area contributed by atoms with Gasteiger partial charge in [0, 0.05) is 17.7 Å². The Morgan fingerprint density at radius 2 is 1.90 bits per heavy atom. The van der Waals surface area contributed by atoms with E-state index in [-0.39, 0.29) is 36.0 Å². The second-order valence-corrected chi connectivity index (χ2v) is 7.40. The number of fused-ring (bicyclic) bond motifs is 1. The number of Topliss-reactive ketones (excluding diaryl/α,β-unsaturated/α-hetero) is 1. The third-order valence-corrected chi connectivity index (χ3v) is 4.82. The Kier molecular flexibility index (Phi) is 7.91. The fourth-order valence-electron chi connectivity index (χ4n) is 2.82. The van der Waals surface area contributed by atoms with Crippen molar-refractivity contribution in [2.24, 2.45) is 5.92 Å². The van der Waals surface area contributed by atoms with Crippen LogP contribution in [-0.2, 0) is 14.3 Å². The molecule has 0 aliphatic carbocycles. The quantitative estimate of drug-likeness (QED) is 0.548. The maximum absolute atomic E-state index is 12.7. The topological polar surface area (TPSA) is 133 Å². The van der Waals surface area contributed by atoms with E-state index in [0.717, 1.165) is 6.08 Å². The van der Waals surface area contributed by atoms with Crippen molar-refractivity contribution in [1.82, 2.24) is 0 Å². The molecule has 4 N–H and O–H groups in total. The zero-order valence-corrected chi connectivity index (χ0v) is 17.2. The van der Waals surface area contributed by atoms with E-state index in [4.69, 9.17) is 4.74 Å². The smallest absolute Gasteiger partial charge is 0.342 e. The van der Waals surface area contributed by atoms with Crippen LogP contribution in [0, 0.1) is 5.92 Å².